The monoisotopic (exact) mass is 282 g/mol. The summed E-state index contributed by atoms with van der Waals surface area (Å²) in [6.07, 6.45) is 8.17. The molecule has 0 aliphatic carbocycles. The maximum Gasteiger partial charge on any atom is 0.107 e. The van der Waals surface area contributed by atoms with Gasteiger partial charge in [0, 0.05) is 17.3 Å². The minimum absolute atomic E-state index is 0.175. The molecule has 0 aliphatic rings. The van der Waals surface area contributed by atoms with Crippen LogP contribution in [0.5, 0.6) is 0 Å². The molecule has 0 bridgehead atoms. The Kier molecular flexibility index (Phi) is 7.62. The summed E-state index contributed by atoms with van der Waals surface area (Å²) in [5, 5.41) is 6.92. The van der Waals surface area contributed by atoms with Gasteiger partial charge in [0.25, 0.3) is 0 Å². The number of nitrogens with one attached hydrogen (secondary N) is 1. The van der Waals surface area contributed by atoms with Crippen molar-refractivity contribution in [2.24, 2.45) is 0 Å². The van der Waals surface area contributed by atoms with Crippen LogP contribution in [0.1, 0.15) is 76.9 Å². The van der Waals surface area contributed by atoms with E-state index in [2.05, 4.69) is 38.4 Å². The maximum absolute atomic E-state index is 4.70. The lowest BCUT2D eigenvalue weighted by Gasteiger charge is -2.14. The summed E-state index contributed by atoms with van der Waals surface area (Å²) in [4.78, 5) is 4.70. The van der Waals surface area contributed by atoms with Gasteiger partial charge < -0.3 is 5.32 Å². The first-order valence-corrected chi connectivity index (χ1v) is 8.57. The zero-order valence-corrected chi connectivity index (χ0v) is 13.9. The minimum Gasteiger partial charge on any atom is -0.310 e. The van der Waals surface area contributed by atoms with Crippen molar-refractivity contribution in [1.82, 2.24) is 10.3 Å². The van der Waals surface area contributed by atoms with Crippen molar-refractivity contribution in [3.63, 3.8) is 0 Å². The van der Waals surface area contributed by atoms with Crippen LogP contribution in [0.4, 0.5) is 0 Å². The number of aromatic nitrogens is 1. The molecule has 0 fully saturated rings. The molecule has 1 aromatic heterocycles. The van der Waals surface area contributed by atoms with Crippen molar-refractivity contribution in [3.8, 4) is 0 Å². The molecule has 0 atom stereocenters. The van der Waals surface area contributed by atoms with Crippen LogP contribution in [-0.2, 0) is 12.0 Å². The molecule has 1 heterocycles. The van der Waals surface area contributed by atoms with E-state index in [1.54, 1.807) is 11.3 Å². The number of unbranched alkanes of at least 4 members (excludes halogenated alkanes) is 5. The maximum atomic E-state index is 4.70. The van der Waals surface area contributed by atoms with Gasteiger partial charge in [-0.3, -0.25) is 0 Å². The first-order valence-electron chi connectivity index (χ1n) is 7.69. The highest BCUT2D eigenvalue weighted by atomic mass is 32.1. The topological polar surface area (TPSA) is 24.9 Å². The molecular weight excluding hydrogens is 252 g/mol. The molecule has 0 amide bonds. The van der Waals surface area contributed by atoms with Crippen molar-refractivity contribution in [1.29, 1.82) is 0 Å². The molecule has 0 saturated heterocycles. The van der Waals surface area contributed by atoms with Crippen LogP contribution >= 0.6 is 11.3 Å². The second-order valence-corrected chi connectivity index (χ2v) is 7.26. The molecule has 1 rings (SSSR count). The van der Waals surface area contributed by atoms with Gasteiger partial charge in [0.2, 0.25) is 0 Å². The SMILES string of the molecule is CCCCCCCCNCc1nc(C(C)(C)C)cs1. The number of thiazole rings is 1. The summed E-state index contributed by atoms with van der Waals surface area (Å²) in [5.41, 5.74) is 1.39. The Hall–Kier alpha value is -0.410. The molecule has 0 aliphatic heterocycles. The molecule has 0 radical (unpaired) electrons. The fourth-order valence-electron chi connectivity index (χ4n) is 1.96. The van der Waals surface area contributed by atoms with Crippen molar-refractivity contribution in [3.05, 3.63) is 16.1 Å². The Morgan fingerprint density at radius 3 is 2.42 bits per heavy atom. The van der Waals surface area contributed by atoms with Crippen molar-refractivity contribution in [2.45, 2.75) is 78.2 Å². The van der Waals surface area contributed by atoms with E-state index >= 15 is 0 Å². The Morgan fingerprint density at radius 1 is 1.11 bits per heavy atom. The number of rotatable bonds is 9. The predicted molar refractivity (Wildman–Crippen MR) is 85.9 cm³/mol. The predicted octanol–water partition coefficient (Wildman–Crippen LogP) is 4.89. The van der Waals surface area contributed by atoms with Crippen molar-refractivity contribution >= 4 is 11.3 Å². The van der Waals surface area contributed by atoms with Gasteiger partial charge in [-0.2, -0.15) is 0 Å². The highest BCUT2D eigenvalue weighted by Gasteiger charge is 2.16. The Morgan fingerprint density at radius 2 is 1.79 bits per heavy atom. The van der Waals surface area contributed by atoms with E-state index in [-0.39, 0.29) is 5.41 Å². The standard InChI is InChI=1S/C16H30N2S/c1-5-6-7-8-9-10-11-17-12-15-18-14(13-19-15)16(2,3)4/h13,17H,5-12H2,1-4H3. The molecule has 0 saturated carbocycles. The third-order valence-corrected chi connectivity index (χ3v) is 4.15. The highest BCUT2D eigenvalue weighted by Crippen LogP contribution is 2.23. The van der Waals surface area contributed by atoms with Gasteiger partial charge in [0.15, 0.2) is 0 Å². The molecular formula is C16H30N2S. The lowest BCUT2D eigenvalue weighted by molar-refractivity contribution is 0.559. The molecule has 2 nitrogen and oxygen atoms in total. The molecule has 1 N–H and O–H groups in total. The third kappa shape index (κ3) is 7.07. The van der Waals surface area contributed by atoms with Crippen molar-refractivity contribution in [2.75, 3.05) is 6.54 Å². The van der Waals surface area contributed by atoms with Gasteiger partial charge >= 0.3 is 0 Å². The fraction of sp³-hybridized carbons (Fsp3) is 0.812. The summed E-state index contributed by atoms with van der Waals surface area (Å²) in [7, 11) is 0. The van der Waals surface area contributed by atoms with E-state index in [0.717, 1.165) is 13.1 Å². The van der Waals surface area contributed by atoms with Crippen LogP contribution in [0, 0.1) is 0 Å². The lowest BCUT2D eigenvalue weighted by atomic mass is 9.93. The average Bonchev–Trinajstić information content (AvgIpc) is 2.81. The van der Waals surface area contributed by atoms with Crippen LogP contribution in [0.2, 0.25) is 0 Å². The first-order chi connectivity index (χ1) is 9.04. The van der Waals surface area contributed by atoms with Crippen LogP contribution in [-0.4, -0.2) is 11.5 Å². The summed E-state index contributed by atoms with van der Waals surface area (Å²) < 4.78 is 0. The van der Waals surface area contributed by atoms with E-state index in [1.807, 2.05) is 0 Å². The molecule has 110 valence electrons. The van der Waals surface area contributed by atoms with E-state index in [1.165, 1.54) is 49.2 Å². The Balaban J connectivity index is 2.08. The zero-order valence-electron chi connectivity index (χ0n) is 13.1. The summed E-state index contributed by atoms with van der Waals surface area (Å²) >= 11 is 1.78. The second kappa shape index (κ2) is 8.70. The zero-order chi connectivity index (χ0) is 14.1. The van der Waals surface area contributed by atoms with Crippen molar-refractivity contribution < 1.29 is 0 Å². The Labute approximate surface area is 123 Å². The molecule has 1 aromatic rings. The van der Waals surface area contributed by atoms with E-state index in [9.17, 15) is 0 Å². The summed E-state index contributed by atoms with van der Waals surface area (Å²) in [6, 6.07) is 0. The minimum atomic E-state index is 0.175. The normalized spacial score (nSPS) is 12.0. The van der Waals surface area contributed by atoms with Crippen LogP contribution in [0.15, 0.2) is 5.38 Å². The molecule has 3 heteroatoms. The van der Waals surface area contributed by atoms with Crippen LogP contribution in [0.3, 0.4) is 0 Å². The smallest absolute Gasteiger partial charge is 0.107 e. The van der Waals surface area contributed by atoms with E-state index < -0.39 is 0 Å². The number of nitrogens with zero attached hydrogens (tertiary/aromatic N) is 1. The van der Waals surface area contributed by atoms with Gasteiger partial charge in [-0.05, 0) is 13.0 Å². The van der Waals surface area contributed by atoms with Crippen LogP contribution < -0.4 is 5.32 Å². The fourth-order valence-corrected chi connectivity index (χ4v) is 2.95. The largest absolute Gasteiger partial charge is 0.310 e. The van der Waals surface area contributed by atoms with Crippen LogP contribution in [0.25, 0.3) is 0 Å². The average molecular weight is 282 g/mol. The van der Waals surface area contributed by atoms with E-state index in [4.69, 9.17) is 4.98 Å². The molecule has 0 aromatic carbocycles. The number of hydrogen-bond acceptors (Lipinski definition) is 3. The van der Waals surface area contributed by atoms with Gasteiger partial charge in [-0.1, -0.05) is 59.8 Å². The first kappa shape index (κ1) is 16.6. The molecule has 19 heavy (non-hydrogen) atoms. The van der Waals surface area contributed by atoms with Gasteiger partial charge in [-0.25, -0.2) is 4.98 Å². The summed E-state index contributed by atoms with van der Waals surface area (Å²) in [6.45, 7) is 11.0. The van der Waals surface area contributed by atoms with E-state index in [0.29, 0.717) is 0 Å². The van der Waals surface area contributed by atoms with Gasteiger partial charge in [0.1, 0.15) is 5.01 Å². The molecule has 0 unspecified atom stereocenters. The lowest BCUT2D eigenvalue weighted by Crippen LogP contribution is -2.16. The summed E-state index contributed by atoms with van der Waals surface area (Å²) in [5.74, 6) is 0. The third-order valence-electron chi connectivity index (χ3n) is 3.30. The quantitative estimate of drug-likeness (QED) is 0.652. The second-order valence-electron chi connectivity index (χ2n) is 6.32. The number of hydrogen-bond donors (Lipinski definition) is 1. The molecule has 0 spiro atoms. The van der Waals surface area contributed by atoms with Gasteiger partial charge in [-0.15, -0.1) is 11.3 Å². The Bertz CT molecular complexity index is 339. The van der Waals surface area contributed by atoms with Gasteiger partial charge in [0.05, 0.1) is 5.69 Å². The highest BCUT2D eigenvalue weighted by molar-refractivity contribution is 7.09.